The molecule has 0 aromatic heterocycles. The molecule has 0 amide bonds. The van der Waals surface area contributed by atoms with Crippen molar-refractivity contribution in [2.24, 2.45) is 0 Å². The van der Waals surface area contributed by atoms with Gasteiger partial charge in [0.15, 0.2) is 0 Å². The molecule has 0 saturated carbocycles. The molecule has 146 valence electrons. The standard InChI is InChI=1S/C18H16P.C5H5.C2H7N.Fe/c1-15-9-8-14-18(15)19(16-10-4-2-5-11-16)17-12-6-3-7-13-17;1-2-4-5-3-1;1-3-2;/h2-14H,1H3;1-5H;3H,1-2H3;. The zero-order valence-corrected chi connectivity index (χ0v) is 18.7. The minimum absolute atomic E-state index is 0.117. The number of hydrogen-bond acceptors (Lipinski definition) is 1. The van der Waals surface area contributed by atoms with Gasteiger partial charge in [-0.2, -0.15) is 0 Å². The molecule has 10 aliphatic heterocycles. The van der Waals surface area contributed by atoms with E-state index in [1.807, 2.05) is 14.1 Å². The summed E-state index contributed by atoms with van der Waals surface area (Å²) in [6, 6.07) is 23.8. The van der Waals surface area contributed by atoms with Gasteiger partial charge in [0.25, 0.3) is 0 Å². The summed E-state index contributed by atoms with van der Waals surface area (Å²) in [5.74, 6) is 0. The molecule has 10 saturated heterocycles. The van der Waals surface area contributed by atoms with Crippen molar-refractivity contribution in [2.75, 3.05) is 14.1 Å². The van der Waals surface area contributed by atoms with Crippen LogP contribution in [-0.4, -0.2) is 18.1 Å². The zero-order valence-electron chi connectivity index (χ0n) is 16.7. The van der Waals surface area contributed by atoms with Crippen LogP contribution >= 0.6 is 7.92 Å². The third kappa shape index (κ3) is 0.229. The van der Waals surface area contributed by atoms with Crippen LogP contribution in [0, 0.1) is 0 Å². The van der Waals surface area contributed by atoms with Gasteiger partial charge in [0.2, 0.25) is 0 Å². The molecule has 3 heteroatoms. The third-order valence-electron chi connectivity index (χ3n) is 17.9. The topological polar surface area (TPSA) is 12.0 Å². The summed E-state index contributed by atoms with van der Waals surface area (Å²) in [6.45, 7) is -0.308. The molecule has 0 aliphatic carbocycles. The van der Waals surface area contributed by atoms with Crippen molar-refractivity contribution < 1.29 is 6.51 Å². The molecule has 0 radical (unpaired) electrons. The molecule has 1 spiro atoms. The normalized spacial score (nSPS) is 79.0. The Morgan fingerprint density at radius 3 is 1.39 bits per heavy atom. The summed E-state index contributed by atoms with van der Waals surface area (Å²) in [5, 5.41) is 6.22. The van der Waals surface area contributed by atoms with Gasteiger partial charge in [0.1, 0.15) is 0 Å². The van der Waals surface area contributed by atoms with Crippen LogP contribution in [0.2, 0.25) is 42.8 Å². The van der Waals surface area contributed by atoms with Crippen LogP contribution in [0.3, 0.4) is 0 Å². The molecule has 10 aliphatic rings. The Hall–Kier alpha value is -0.651. The van der Waals surface area contributed by atoms with Crippen molar-refractivity contribution in [1.82, 2.24) is 5.32 Å². The summed E-state index contributed by atoms with van der Waals surface area (Å²) in [7, 11) is 3.63. The van der Waals surface area contributed by atoms with Crippen molar-refractivity contribution in [1.29, 1.82) is 0 Å². The van der Waals surface area contributed by atoms with E-state index < -0.39 is 6.51 Å². The van der Waals surface area contributed by atoms with Crippen molar-refractivity contribution in [3.05, 3.63) is 60.7 Å². The van der Waals surface area contributed by atoms with Crippen LogP contribution in [0.25, 0.3) is 0 Å². The SMILES string of the molecule is CNC.C[C@]12[CH]3[CH]4[CH]5[C]1(P(c1ccccc1)c1ccccc1)[Fe]45321678[CH]2[CH]1[CH]6[CH]7[CH]28. The molecule has 1 N–H and O–H groups in total. The van der Waals surface area contributed by atoms with Crippen LogP contribution in [-0.2, 0) is 6.51 Å². The maximum atomic E-state index is 2.91. The first-order chi connectivity index (χ1) is 13.4. The van der Waals surface area contributed by atoms with E-state index in [0.29, 0.717) is 0 Å². The summed E-state index contributed by atoms with van der Waals surface area (Å²) in [5.41, 5.74) is 0. The van der Waals surface area contributed by atoms with Gasteiger partial charge >= 0.3 is 140 Å². The fraction of sp³-hybridized carbons (Fsp3) is 0.520. The van der Waals surface area contributed by atoms with Crippen LogP contribution in [0.4, 0.5) is 0 Å². The second kappa shape index (κ2) is 1.68. The van der Waals surface area contributed by atoms with Gasteiger partial charge in [-0.1, -0.05) is 0 Å². The molecule has 10 fully saturated rings. The third-order valence-corrected chi connectivity index (χ3v) is 69.2. The molecule has 5 atom stereocenters. The maximum absolute atomic E-state index is 3.22. The van der Waals surface area contributed by atoms with Gasteiger partial charge in [0.05, 0.1) is 0 Å². The average Bonchev–Trinajstić information content (AvgIpc) is 3.67. The summed E-state index contributed by atoms with van der Waals surface area (Å²) in [4.78, 5) is 11.2. The zero-order chi connectivity index (χ0) is 18.4. The van der Waals surface area contributed by atoms with Crippen molar-refractivity contribution >= 4 is 18.5 Å². The molecular formula is C25H28FeNP. The summed E-state index contributed by atoms with van der Waals surface area (Å²) < 4.78 is 1.87. The number of fused-ring (bicyclic) bond motifs is 10. The molecular weight excluding hydrogens is 401 g/mol. The Kier molecular flexibility index (Phi) is 0.817. The van der Waals surface area contributed by atoms with E-state index in [-0.39, 0.29) is 7.92 Å². The number of nitrogens with one attached hydrogen (secondary N) is 1. The van der Waals surface area contributed by atoms with Crippen LogP contribution < -0.4 is 15.9 Å². The van der Waals surface area contributed by atoms with Gasteiger partial charge in [-0.15, -0.1) is 0 Å². The Bertz CT molecular complexity index is 1460. The van der Waals surface area contributed by atoms with Gasteiger partial charge in [-0.25, -0.2) is 0 Å². The number of rotatable bonds is 3. The number of benzene rings is 2. The van der Waals surface area contributed by atoms with E-state index in [9.17, 15) is 0 Å². The Morgan fingerprint density at radius 2 is 1.14 bits per heavy atom. The average molecular weight is 429 g/mol. The quantitative estimate of drug-likeness (QED) is 0.492. The molecule has 4 unspecified atom stereocenters. The van der Waals surface area contributed by atoms with E-state index >= 15 is 0 Å². The van der Waals surface area contributed by atoms with Crippen molar-refractivity contribution in [3.63, 3.8) is 0 Å². The number of hydrogen-bond donors (Lipinski definition) is 1. The molecule has 0 bridgehead atoms. The van der Waals surface area contributed by atoms with Gasteiger partial charge in [-0.3, -0.25) is 0 Å². The minimum atomic E-state index is -3.22. The fourth-order valence-corrected chi connectivity index (χ4v) is 111. The van der Waals surface area contributed by atoms with Gasteiger partial charge in [-0.05, 0) is 14.1 Å². The van der Waals surface area contributed by atoms with E-state index in [4.69, 9.17) is 0 Å². The van der Waals surface area contributed by atoms with Crippen molar-refractivity contribution in [3.8, 4) is 0 Å². The Labute approximate surface area is 158 Å². The van der Waals surface area contributed by atoms with Gasteiger partial charge < -0.3 is 5.32 Å². The summed E-state index contributed by atoms with van der Waals surface area (Å²) >= 11 is 0. The van der Waals surface area contributed by atoms with E-state index in [1.165, 1.54) is 38.5 Å². The first kappa shape index (κ1) is 13.6. The molecule has 12 rings (SSSR count). The molecule has 28 heavy (non-hydrogen) atoms. The van der Waals surface area contributed by atoms with Crippen LogP contribution in [0.15, 0.2) is 60.7 Å². The predicted octanol–water partition coefficient (Wildman–Crippen LogP) is 5.64. The van der Waals surface area contributed by atoms with Gasteiger partial charge in [0, 0.05) is 0 Å². The monoisotopic (exact) mass is 429 g/mol. The summed E-state index contributed by atoms with van der Waals surface area (Å²) in [6.07, 6.45) is 0. The predicted molar refractivity (Wildman–Crippen MR) is 115 cm³/mol. The van der Waals surface area contributed by atoms with E-state index in [1.54, 1.807) is 10.6 Å². The Balaban J connectivity index is 0.000000383. The Morgan fingerprint density at radius 1 is 0.714 bits per heavy atom. The molecule has 2 aromatic rings. The van der Waals surface area contributed by atoms with Crippen LogP contribution in [0.1, 0.15) is 6.92 Å². The first-order valence-corrected chi connectivity index (χ1v) is 18.7. The first-order valence-electron chi connectivity index (χ1n) is 11.1. The fourth-order valence-electron chi connectivity index (χ4n) is 19.9. The molecule has 1 nitrogen and oxygen atoms in total. The van der Waals surface area contributed by atoms with E-state index in [0.717, 1.165) is 8.37 Å². The second-order valence-corrected chi connectivity index (χ2v) is 39.9. The van der Waals surface area contributed by atoms with Crippen molar-refractivity contribution in [2.45, 2.75) is 53.8 Å². The molecule has 10 heterocycles. The molecule has 2 aromatic carbocycles. The van der Waals surface area contributed by atoms with E-state index in [2.05, 4.69) is 72.9 Å². The van der Waals surface area contributed by atoms with Crippen LogP contribution in [0.5, 0.6) is 0 Å². The second-order valence-electron chi connectivity index (χ2n) is 13.6.